The molecule has 0 aliphatic carbocycles. The maximum atomic E-state index is 13.5. The molecule has 1 aliphatic heterocycles. The van der Waals surface area contributed by atoms with E-state index in [0.717, 1.165) is 0 Å². The monoisotopic (exact) mass is 338 g/mol. The van der Waals surface area contributed by atoms with Crippen LogP contribution in [0.1, 0.15) is 24.0 Å². The maximum Gasteiger partial charge on any atom is 0.326 e. The zero-order valence-electron chi connectivity index (χ0n) is 14.0. The first-order valence-electron chi connectivity index (χ1n) is 7.88. The number of nitrogens with one attached hydrogen (secondary N) is 1. The van der Waals surface area contributed by atoms with E-state index in [2.05, 4.69) is 5.32 Å². The lowest BCUT2D eigenvalue weighted by Gasteiger charge is -2.33. The summed E-state index contributed by atoms with van der Waals surface area (Å²) >= 11 is 0. The van der Waals surface area contributed by atoms with Crippen molar-refractivity contribution >= 4 is 11.9 Å². The van der Waals surface area contributed by atoms with E-state index in [9.17, 15) is 19.1 Å². The summed E-state index contributed by atoms with van der Waals surface area (Å²) < 4.78 is 18.6. The highest BCUT2D eigenvalue weighted by Gasteiger charge is 2.48. The third kappa shape index (κ3) is 3.91. The predicted molar refractivity (Wildman–Crippen MR) is 86.0 cm³/mol. The van der Waals surface area contributed by atoms with Gasteiger partial charge in [-0.05, 0) is 43.5 Å². The van der Waals surface area contributed by atoms with Crippen molar-refractivity contribution < 1.29 is 23.8 Å². The number of likely N-dealkylation sites (tertiary alicyclic amines) is 1. The molecular weight excluding hydrogens is 315 g/mol. The van der Waals surface area contributed by atoms with Crippen LogP contribution in [0, 0.1) is 12.7 Å². The van der Waals surface area contributed by atoms with E-state index in [0.29, 0.717) is 30.5 Å². The first-order chi connectivity index (χ1) is 11.4. The fourth-order valence-electron chi connectivity index (χ4n) is 3.05. The van der Waals surface area contributed by atoms with Gasteiger partial charge in [0.2, 0.25) is 5.91 Å². The van der Waals surface area contributed by atoms with Gasteiger partial charge in [0.25, 0.3) is 0 Å². The number of nitrogens with zero attached hydrogens (tertiary/aromatic N) is 1. The highest BCUT2D eigenvalue weighted by atomic mass is 19.1. The number of ether oxygens (including phenoxy) is 1. The van der Waals surface area contributed by atoms with Crippen LogP contribution >= 0.6 is 0 Å². The van der Waals surface area contributed by atoms with Gasteiger partial charge in [0.1, 0.15) is 11.4 Å². The van der Waals surface area contributed by atoms with Gasteiger partial charge in [-0.3, -0.25) is 14.5 Å². The van der Waals surface area contributed by atoms with E-state index in [4.69, 9.17) is 4.74 Å². The molecule has 2 rings (SSSR count). The number of methoxy groups -OCH3 is 1. The Kier molecular flexibility index (Phi) is 5.90. The second kappa shape index (κ2) is 7.72. The third-order valence-electron chi connectivity index (χ3n) is 4.47. The number of hydrogen-bond acceptors (Lipinski definition) is 4. The van der Waals surface area contributed by atoms with Gasteiger partial charge in [-0.1, -0.05) is 12.1 Å². The van der Waals surface area contributed by atoms with Gasteiger partial charge in [-0.25, -0.2) is 4.39 Å². The number of carboxylic acid groups (broad SMARTS) is 1. The standard InChI is InChI=1S/C17H23FN2O4/c1-12-4-5-13(8-14(12)18)9-19-15(21)10-20-7-3-6-17(20,11-24-2)16(22)23/h4-5,8H,3,6-7,9-11H2,1-2H3,(H,19,21)(H,22,23). The molecule has 1 fully saturated rings. The molecule has 1 aromatic rings. The van der Waals surface area contributed by atoms with E-state index in [1.54, 1.807) is 24.0 Å². The summed E-state index contributed by atoms with van der Waals surface area (Å²) in [7, 11) is 1.45. The lowest BCUT2D eigenvalue weighted by atomic mass is 9.97. The number of rotatable bonds is 7. The molecule has 24 heavy (non-hydrogen) atoms. The molecule has 1 amide bonds. The van der Waals surface area contributed by atoms with Gasteiger partial charge < -0.3 is 15.2 Å². The number of aliphatic carboxylic acids is 1. The maximum absolute atomic E-state index is 13.5. The summed E-state index contributed by atoms with van der Waals surface area (Å²) in [4.78, 5) is 25.5. The summed E-state index contributed by atoms with van der Waals surface area (Å²) in [6.45, 7) is 2.42. The Balaban J connectivity index is 1.95. The van der Waals surface area contributed by atoms with Crippen LogP contribution in [-0.2, 0) is 20.9 Å². The molecule has 7 heteroatoms. The van der Waals surface area contributed by atoms with Crippen LogP contribution in [-0.4, -0.2) is 54.2 Å². The second-order valence-corrected chi connectivity index (χ2v) is 6.16. The molecule has 132 valence electrons. The Hall–Kier alpha value is -1.99. The van der Waals surface area contributed by atoms with Crippen molar-refractivity contribution in [3.05, 3.63) is 35.1 Å². The molecule has 0 spiro atoms. The smallest absolute Gasteiger partial charge is 0.326 e. The largest absolute Gasteiger partial charge is 0.480 e. The number of hydrogen-bond donors (Lipinski definition) is 2. The zero-order chi connectivity index (χ0) is 17.7. The molecule has 0 radical (unpaired) electrons. The molecule has 6 nitrogen and oxygen atoms in total. The Morgan fingerprint density at radius 3 is 2.83 bits per heavy atom. The molecule has 0 bridgehead atoms. The number of halogens is 1. The van der Waals surface area contributed by atoms with Gasteiger partial charge in [-0.15, -0.1) is 0 Å². The fraction of sp³-hybridized carbons (Fsp3) is 0.529. The van der Waals surface area contributed by atoms with E-state index >= 15 is 0 Å². The van der Waals surface area contributed by atoms with Crippen LogP contribution in [0.4, 0.5) is 4.39 Å². The van der Waals surface area contributed by atoms with Crippen molar-refractivity contribution in [2.24, 2.45) is 0 Å². The Labute approximate surface area is 140 Å². The van der Waals surface area contributed by atoms with Crippen molar-refractivity contribution in [2.45, 2.75) is 31.8 Å². The van der Waals surface area contributed by atoms with Gasteiger partial charge in [0.15, 0.2) is 0 Å². The number of carbonyl (C=O) groups excluding carboxylic acids is 1. The Morgan fingerprint density at radius 1 is 1.46 bits per heavy atom. The second-order valence-electron chi connectivity index (χ2n) is 6.16. The zero-order valence-corrected chi connectivity index (χ0v) is 14.0. The predicted octanol–water partition coefficient (Wildman–Crippen LogP) is 1.32. The molecule has 0 aromatic heterocycles. The highest BCUT2D eigenvalue weighted by Crippen LogP contribution is 2.29. The Bertz CT molecular complexity index is 623. The minimum absolute atomic E-state index is 0.0238. The number of benzene rings is 1. The molecule has 1 heterocycles. The molecule has 1 unspecified atom stereocenters. The summed E-state index contributed by atoms with van der Waals surface area (Å²) in [6, 6.07) is 4.80. The topological polar surface area (TPSA) is 78.9 Å². The average molecular weight is 338 g/mol. The molecule has 1 aliphatic rings. The van der Waals surface area contributed by atoms with Gasteiger partial charge in [0, 0.05) is 13.7 Å². The van der Waals surface area contributed by atoms with Crippen molar-refractivity contribution in [3.8, 4) is 0 Å². The SMILES string of the molecule is COCC1(C(=O)O)CCCN1CC(=O)NCc1ccc(C)c(F)c1. The molecule has 2 N–H and O–H groups in total. The average Bonchev–Trinajstić information content (AvgIpc) is 2.93. The lowest BCUT2D eigenvalue weighted by molar-refractivity contribution is -0.154. The van der Waals surface area contributed by atoms with Crippen LogP contribution < -0.4 is 5.32 Å². The Morgan fingerprint density at radius 2 is 2.21 bits per heavy atom. The summed E-state index contributed by atoms with van der Waals surface area (Å²) in [5.74, 6) is -1.58. The quantitative estimate of drug-likeness (QED) is 0.784. The van der Waals surface area contributed by atoms with Crippen molar-refractivity contribution in [1.29, 1.82) is 0 Å². The van der Waals surface area contributed by atoms with E-state index in [-0.39, 0.29) is 31.4 Å². The first-order valence-corrected chi connectivity index (χ1v) is 7.88. The lowest BCUT2D eigenvalue weighted by Crippen LogP contribution is -2.56. The van der Waals surface area contributed by atoms with Crippen LogP contribution in [0.15, 0.2) is 18.2 Å². The molecular formula is C17H23FN2O4. The van der Waals surface area contributed by atoms with Gasteiger partial charge in [0.05, 0.1) is 13.2 Å². The minimum Gasteiger partial charge on any atom is -0.480 e. The van der Waals surface area contributed by atoms with E-state index in [1.165, 1.54) is 13.2 Å². The number of carbonyl (C=O) groups is 2. The first kappa shape index (κ1) is 18.4. The van der Waals surface area contributed by atoms with E-state index in [1.807, 2.05) is 0 Å². The molecule has 0 saturated carbocycles. The van der Waals surface area contributed by atoms with E-state index < -0.39 is 11.5 Å². The molecule has 1 aromatic carbocycles. The number of amides is 1. The van der Waals surface area contributed by atoms with Crippen molar-refractivity contribution in [3.63, 3.8) is 0 Å². The van der Waals surface area contributed by atoms with Gasteiger partial charge >= 0.3 is 5.97 Å². The number of aryl methyl sites for hydroxylation is 1. The molecule has 1 atom stereocenters. The molecule has 1 saturated heterocycles. The van der Waals surface area contributed by atoms with Crippen LogP contribution in [0.5, 0.6) is 0 Å². The minimum atomic E-state index is -1.15. The highest BCUT2D eigenvalue weighted by molar-refractivity contribution is 5.82. The van der Waals surface area contributed by atoms with Crippen LogP contribution in [0.3, 0.4) is 0 Å². The van der Waals surface area contributed by atoms with Gasteiger partial charge in [-0.2, -0.15) is 0 Å². The third-order valence-corrected chi connectivity index (χ3v) is 4.47. The van der Waals surface area contributed by atoms with Crippen LogP contribution in [0.25, 0.3) is 0 Å². The number of carboxylic acids is 1. The summed E-state index contributed by atoms with van der Waals surface area (Å²) in [6.07, 6.45) is 1.15. The normalized spacial score (nSPS) is 21.0. The van der Waals surface area contributed by atoms with Crippen molar-refractivity contribution in [1.82, 2.24) is 10.2 Å². The fourth-order valence-corrected chi connectivity index (χ4v) is 3.05. The van der Waals surface area contributed by atoms with Crippen LogP contribution in [0.2, 0.25) is 0 Å². The van der Waals surface area contributed by atoms with Crippen molar-refractivity contribution in [2.75, 3.05) is 26.8 Å². The summed E-state index contributed by atoms with van der Waals surface area (Å²) in [5, 5.41) is 12.3. The summed E-state index contributed by atoms with van der Waals surface area (Å²) in [5.41, 5.74) is 0.0596.